The second-order valence-electron chi connectivity index (χ2n) is 4.04. The van der Waals surface area contributed by atoms with Crippen molar-refractivity contribution in [1.29, 1.82) is 0 Å². The maximum absolute atomic E-state index is 12.0. The van der Waals surface area contributed by atoms with Crippen LogP contribution in [0.15, 0.2) is 24.3 Å². The summed E-state index contributed by atoms with van der Waals surface area (Å²) in [6, 6.07) is 6.82. The summed E-state index contributed by atoms with van der Waals surface area (Å²) >= 11 is 0. The third kappa shape index (κ3) is 4.85. The third-order valence-electron chi connectivity index (χ3n) is 2.65. The minimum absolute atomic E-state index is 0.0365. The zero-order valence-corrected chi connectivity index (χ0v) is 12.6. The fourth-order valence-corrected chi connectivity index (χ4v) is 2.86. The van der Waals surface area contributed by atoms with E-state index >= 15 is 0 Å². The lowest BCUT2D eigenvalue weighted by Crippen LogP contribution is -2.35. The Kier molecular flexibility index (Phi) is 6.52. The van der Waals surface area contributed by atoms with Gasteiger partial charge in [-0.05, 0) is 24.3 Å². The van der Waals surface area contributed by atoms with Gasteiger partial charge in [-0.2, -0.15) is 12.7 Å². The molecule has 6 heteroatoms. The summed E-state index contributed by atoms with van der Waals surface area (Å²) in [5.41, 5.74) is 1.29. The zero-order chi connectivity index (χ0) is 15.0. The average molecular weight is 296 g/mol. The molecule has 0 aliphatic heterocycles. The van der Waals surface area contributed by atoms with Crippen molar-refractivity contribution in [3.05, 3.63) is 29.8 Å². The highest BCUT2D eigenvalue weighted by atomic mass is 32.2. The maximum Gasteiger partial charge on any atom is 0.301 e. The first-order valence-electron chi connectivity index (χ1n) is 6.51. The van der Waals surface area contributed by atoms with E-state index in [9.17, 15) is 8.42 Å². The van der Waals surface area contributed by atoms with Crippen LogP contribution in [0.3, 0.4) is 0 Å². The Morgan fingerprint density at radius 1 is 1.20 bits per heavy atom. The summed E-state index contributed by atoms with van der Waals surface area (Å²) in [5, 5.41) is 8.63. The van der Waals surface area contributed by atoms with Crippen LogP contribution in [-0.4, -0.2) is 37.5 Å². The molecule has 0 saturated carbocycles. The average Bonchev–Trinajstić information content (AvgIpc) is 2.41. The molecule has 0 aromatic heterocycles. The van der Waals surface area contributed by atoms with Gasteiger partial charge in [-0.3, -0.25) is 4.72 Å². The predicted octanol–water partition coefficient (Wildman–Crippen LogP) is 1.42. The molecule has 0 saturated heterocycles. The van der Waals surface area contributed by atoms with Gasteiger partial charge in [0.2, 0.25) is 0 Å². The second-order valence-corrected chi connectivity index (χ2v) is 5.71. The Morgan fingerprint density at radius 2 is 1.80 bits per heavy atom. The summed E-state index contributed by atoms with van der Waals surface area (Å²) in [6.45, 7) is 4.48. The summed E-state index contributed by atoms with van der Waals surface area (Å²) in [5.74, 6) is 5.69. The van der Waals surface area contributed by atoms with Crippen LogP contribution in [0, 0.1) is 11.8 Å². The molecule has 0 atom stereocenters. The van der Waals surface area contributed by atoms with Gasteiger partial charge in [-0.1, -0.05) is 25.7 Å². The molecule has 0 aliphatic rings. The molecule has 0 bridgehead atoms. The van der Waals surface area contributed by atoms with Crippen molar-refractivity contribution < 1.29 is 13.5 Å². The van der Waals surface area contributed by atoms with Crippen LogP contribution in [0.4, 0.5) is 5.69 Å². The number of hydrogen-bond donors (Lipinski definition) is 2. The minimum atomic E-state index is -3.50. The fourth-order valence-electron chi connectivity index (χ4n) is 1.62. The van der Waals surface area contributed by atoms with Gasteiger partial charge in [0.05, 0.1) is 6.61 Å². The van der Waals surface area contributed by atoms with E-state index in [0.29, 0.717) is 25.2 Å². The summed E-state index contributed by atoms with van der Waals surface area (Å²) in [6.07, 6.45) is 0.427. The van der Waals surface area contributed by atoms with E-state index in [-0.39, 0.29) is 6.61 Å². The largest absolute Gasteiger partial charge is 0.395 e. The van der Waals surface area contributed by atoms with Gasteiger partial charge in [-0.15, -0.1) is 0 Å². The highest BCUT2D eigenvalue weighted by Gasteiger charge is 2.17. The molecule has 1 aromatic rings. The Morgan fingerprint density at radius 3 is 2.30 bits per heavy atom. The van der Waals surface area contributed by atoms with Gasteiger partial charge in [0.15, 0.2) is 0 Å². The molecule has 0 radical (unpaired) electrons. The van der Waals surface area contributed by atoms with Crippen molar-refractivity contribution in [2.75, 3.05) is 24.4 Å². The summed E-state index contributed by atoms with van der Waals surface area (Å²) in [4.78, 5) is 0. The number of rotatable bonds is 6. The van der Waals surface area contributed by atoms with Gasteiger partial charge in [-0.25, -0.2) is 0 Å². The van der Waals surface area contributed by atoms with Crippen molar-refractivity contribution in [2.45, 2.75) is 20.3 Å². The highest BCUT2D eigenvalue weighted by molar-refractivity contribution is 7.90. The maximum atomic E-state index is 12.0. The van der Waals surface area contributed by atoms with Crippen LogP contribution in [0.1, 0.15) is 25.8 Å². The number of nitrogens with zero attached hydrogens (tertiary/aromatic N) is 1. The van der Waals surface area contributed by atoms with Crippen LogP contribution >= 0.6 is 0 Å². The van der Waals surface area contributed by atoms with Crippen molar-refractivity contribution in [3.8, 4) is 11.8 Å². The molecule has 20 heavy (non-hydrogen) atoms. The molecule has 0 heterocycles. The molecule has 0 unspecified atom stereocenters. The molecular weight excluding hydrogens is 276 g/mol. The highest BCUT2D eigenvalue weighted by Crippen LogP contribution is 2.12. The van der Waals surface area contributed by atoms with Gasteiger partial charge < -0.3 is 5.11 Å². The number of anilines is 1. The molecule has 110 valence electrons. The van der Waals surface area contributed by atoms with Crippen LogP contribution in [-0.2, 0) is 10.2 Å². The Bertz CT molecular complexity index is 567. The van der Waals surface area contributed by atoms with Crippen molar-refractivity contribution >= 4 is 15.9 Å². The number of aliphatic hydroxyl groups excluding tert-OH is 1. The number of benzene rings is 1. The van der Waals surface area contributed by atoms with Gasteiger partial charge in [0.25, 0.3) is 0 Å². The van der Waals surface area contributed by atoms with E-state index in [0.717, 1.165) is 5.56 Å². The molecule has 5 nitrogen and oxygen atoms in total. The Hall–Kier alpha value is -1.55. The fraction of sp³-hybridized carbons (Fsp3) is 0.429. The standard InChI is InChI=1S/C14H20N2O3S/c1-3-16(4-2)20(18,19)15-14-10-8-13(9-11-14)7-5-6-12-17/h8-11,15,17H,3-4,6,12H2,1-2H3. The Labute approximate surface area is 120 Å². The first-order valence-corrected chi connectivity index (χ1v) is 7.95. The van der Waals surface area contributed by atoms with E-state index in [1.54, 1.807) is 38.1 Å². The van der Waals surface area contributed by atoms with Crippen molar-refractivity contribution in [3.63, 3.8) is 0 Å². The molecule has 1 aromatic carbocycles. The summed E-state index contributed by atoms with van der Waals surface area (Å²) < 4.78 is 27.9. The lowest BCUT2D eigenvalue weighted by molar-refractivity contribution is 0.305. The molecule has 0 aliphatic carbocycles. The first kappa shape index (κ1) is 16.5. The topological polar surface area (TPSA) is 69.6 Å². The van der Waals surface area contributed by atoms with Crippen LogP contribution in [0.5, 0.6) is 0 Å². The summed E-state index contributed by atoms with van der Waals surface area (Å²) in [7, 11) is -3.50. The molecular formula is C14H20N2O3S. The van der Waals surface area contributed by atoms with E-state index in [4.69, 9.17) is 5.11 Å². The molecule has 0 spiro atoms. The number of nitrogens with one attached hydrogen (secondary N) is 1. The molecule has 0 fully saturated rings. The van der Waals surface area contributed by atoms with E-state index in [1.807, 2.05) is 0 Å². The van der Waals surface area contributed by atoms with Gasteiger partial charge in [0, 0.05) is 30.8 Å². The zero-order valence-electron chi connectivity index (χ0n) is 11.8. The van der Waals surface area contributed by atoms with Gasteiger partial charge >= 0.3 is 10.2 Å². The van der Waals surface area contributed by atoms with E-state index in [1.165, 1.54) is 4.31 Å². The quantitative estimate of drug-likeness (QED) is 0.780. The number of aliphatic hydroxyl groups is 1. The van der Waals surface area contributed by atoms with Crippen LogP contribution < -0.4 is 4.72 Å². The monoisotopic (exact) mass is 296 g/mol. The minimum Gasteiger partial charge on any atom is -0.395 e. The van der Waals surface area contributed by atoms with Crippen LogP contribution in [0.25, 0.3) is 0 Å². The molecule has 2 N–H and O–H groups in total. The predicted molar refractivity (Wildman–Crippen MR) is 80.5 cm³/mol. The third-order valence-corrected chi connectivity index (χ3v) is 4.34. The van der Waals surface area contributed by atoms with Crippen molar-refractivity contribution in [1.82, 2.24) is 4.31 Å². The Balaban J connectivity index is 2.78. The second kappa shape index (κ2) is 7.90. The van der Waals surface area contributed by atoms with Crippen molar-refractivity contribution in [2.24, 2.45) is 0 Å². The van der Waals surface area contributed by atoms with Gasteiger partial charge in [0.1, 0.15) is 0 Å². The SMILES string of the molecule is CCN(CC)S(=O)(=O)Nc1ccc(C#CCCO)cc1. The molecule has 0 amide bonds. The lowest BCUT2D eigenvalue weighted by Gasteiger charge is -2.19. The van der Waals surface area contributed by atoms with Crippen LogP contribution in [0.2, 0.25) is 0 Å². The smallest absolute Gasteiger partial charge is 0.301 e. The first-order chi connectivity index (χ1) is 9.53. The molecule has 1 rings (SSSR count). The van der Waals surface area contributed by atoms with E-state index < -0.39 is 10.2 Å². The number of hydrogen-bond acceptors (Lipinski definition) is 3. The normalized spacial score (nSPS) is 11.0. The van der Waals surface area contributed by atoms with E-state index in [2.05, 4.69) is 16.6 Å². The lowest BCUT2D eigenvalue weighted by atomic mass is 10.2.